The van der Waals surface area contributed by atoms with E-state index in [1.54, 1.807) is 0 Å². The summed E-state index contributed by atoms with van der Waals surface area (Å²) in [6.07, 6.45) is 1.56. The Bertz CT molecular complexity index is 645. The molecule has 0 atom stereocenters. The molecule has 0 bridgehead atoms. The van der Waals surface area contributed by atoms with Crippen LogP contribution in [0.5, 0.6) is 0 Å². The molecular weight excluding hydrogens is 503 g/mol. The molecule has 0 saturated carbocycles. The average Bonchev–Trinajstić information content (AvgIpc) is 1.83. The van der Waals surface area contributed by atoms with Crippen molar-refractivity contribution in [1.29, 1.82) is 0 Å². The van der Waals surface area contributed by atoms with E-state index in [0.29, 0.717) is 25.0 Å². The summed E-state index contributed by atoms with van der Waals surface area (Å²) in [6, 6.07) is 0. The molecule has 0 saturated heterocycles. The van der Waals surface area contributed by atoms with Crippen LogP contribution in [0.4, 0.5) is 0 Å². The maximum atomic E-state index is 11.1. The van der Waals surface area contributed by atoms with Crippen molar-refractivity contribution in [3.05, 3.63) is 0 Å². The first-order chi connectivity index (χ1) is 8.83. The molecule has 0 amide bonds. The zero-order chi connectivity index (χ0) is 17.3. The van der Waals surface area contributed by atoms with Gasteiger partial charge in [-0.1, -0.05) is 0 Å². The molecule has 2 N–H and O–H groups in total. The van der Waals surface area contributed by atoms with Crippen LogP contribution in [0, 0.1) is 0 Å². The quantitative estimate of drug-likeness (QED) is 0.288. The second-order valence-corrected chi connectivity index (χ2v) is 18.5. The van der Waals surface area contributed by atoms with E-state index in [1.807, 2.05) is 0 Å². The van der Waals surface area contributed by atoms with Gasteiger partial charge in [-0.3, -0.25) is 0 Å². The molecule has 13 nitrogen and oxygen atoms in total. The van der Waals surface area contributed by atoms with Crippen molar-refractivity contribution in [2.75, 3.05) is 25.0 Å². The Morgan fingerprint density at radius 1 is 0.500 bits per heavy atom. The van der Waals surface area contributed by atoms with Crippen LogP contribution in [-0.2, 0) is 50.6 Å². The molecule has 0 aromatic rings. The predicted molar refractivity (Wildman–Crippen MR) is 73.1 cm³/mol. The minimum Gasteiger partial charge on any atom is -0.412 e. The van der Waals surface area contributed by atoms with Gasteiger partial charge in [-0.25, -0.2) is 0 Å². The van der Waals surface area contributed by atoms with Crippen molar-refractivity contribution >= 4 is 60.5 Å². The molecule has 0 aliphatic heterocycles. The van der Waals surface area contributed by atoms with E-state index < -0.39 is 60.5 Å². The molecule has 0 aromatic carbocycles. The van der Waals surface area contributed by atoms with Crippen molar-refractivity contribution in [2.24, 2.45) is 0 Å². The first kappa shape index (κ1) is 24.6. The van der Waals surface area contributed by atoms with Gasteiger partial charge in [-0.05, 0) is 0 Å². The van der Waals surface area contributed by atoms with E-state index in [4.69, 9.17) is 0 Å². The topological polar surface area (TPSA) is 205 Å². The first-order valence-corrected chi connectivity index (χ1v) is 16.4. The molecule has 0 fully saturated rings. The van der Waals surface area contributed by atoms with E-state index in [1.165, 1.54) is 0 Å². The number of hydrogen-bond donors (Lipinski definition) is 0. The van der Waals surface area contributed by atoms with Crippen molar-refractivity contribution < 1.29 is 49.2 Å². The Kier molecular flexibility index (Phi) is 8.43. The normalized spacial score (nSPS) is 14.4. The van der Waals surface area contributed by atoms with Crippen LogP contribution in [0.25, 0.3) is 0 Å². The van der Waals surface area contributed by atoms with Crippen LogP contribution in [0.2, 0.25) is 0 Å². The third kappa shape index (κ3) is 12.9. The smallest absolute Gasteiger partial charge is 0.412 e. The average molecular weight is 517 g/mol. The summed E-state index contributed by atoms with van der Waals surface area (Å²) in [6.45, 7) is 0. The van der Waals surface area contributed by atoms with Gasteiger partial charge in [0.1, 0.15) is 0 Å². The van der Waals surface area contributed by atoms with Crippen LogP contribution in [0.1, 0.15) is 0 Å². The van der Waals surface area contributed by atoms with Gasteiger partial charge in [0.05, 0.1) is 0 Å². The van der Waals surface area contributed by atoms with Gasteiger partial charge in [0.15, 0.2) is 0 Å². The summed E-state index contributed by atoms with van der Waals surface area (Å²) in [5.74, 6) is 0. The summed E-state index contributed by atoms with van der Waals surface area (Å²) in [5, 5.41) is 0. The Labute approximate surface area is 134 Å². The number of rotatable bonds is 8. The van der Waals surface area contributed by atoms with Gasteiger partial charge in [-0.2, -0.15) is 0 Å². The maximum absolute atomic E-state index is 11.1. The molecule has 136 valence electrons. The summed E-state index contributed by atoms with van der Waals surface area (Å²) in [4.78, 5) is 0. The van der Waals surface area contributed by atoms with Gasteiger partial charge in [0.2, 0.25) is 0 Å². The molecule has 0 rings (SSSR count). The molecule has 0 aromatic heterocycles. The van der Waals surface area contributed by atoms with E-state index in [9.17, 15) is 33.7 Å². The van der Waals surface area contributed by atoms with Crippen LogP contribution in [0.15, 0.2) is 0 Å². The SMILES string of the molecule is CS(=O)(=O)[O][Sn]([O]S(C)(=O)=O)([O]S(C)(=O)=O)[O]S(C)(=O)=O.O. The minimum atomic E-state index is -6.60. The molecule has 0 aliphatic carbocycles. The van der Waals surface area contributed by atoms with E-state index >= 15 is 0 Å². The van der Waals surface area contributed by atoms with Gasteiger partial charge >= 0.3 is 129 Å². The van der Waals surface area contributed by atoms with Gasteiger partial charge < -0.3 is 5.48 Å². The Balaban J connectivity index is 0. The van der Waals surface area contributed by atoms with E-state index in [0.717, 1.165) is 0 Å². The summed E-state index contributed by atoms with van der Waals surface area (Å²) >= 11 is -6.60. The second kappa shape index (κ2) is 7.53. The fraction of sp³-hybridized carbons (Fsp3) is 1.00. The van der Waals surface area contributed by atoms with E-state index in [-0.39, 0.29) is 5.48 Å². The molecule has 0 aliphatic rings. The summed E-state index contributed by atoms with van der Waals surface area (Å²) in [7, 11) is -18.3. The zero-order valence-corrected chi connectivity index (χ0v) is 17.7. The zero-order valence-electron chi connectivity index (χ0n) is 11.5. The molecule has 0 spiro atoms. The molecule has 22 heavy (non-hydrogen) atoms. The second-order valence-electron chi connectivity index (χ2n) is 3.65. The number of hydrogen-bond acceptors (Lipinski definition) is 12. The van der Waals surface area contributed by atoms with Crippen molar-refractivity contribution in [3.63, 3.8) is 0 Å². The van der Waals surface area contributed by atoms with Crippen LogP contribution >= 0.6 is 0 Å². The molecular formula is C4H14O13S4Sn. The van der Waals surface area contributed by atoms with Gasteiger partial charge in [0, 0.05) is 0 Å². The Hall–Kier alpha value is 0.399. The summed E-state index contributed by atoms with van der Waals surface area (Å²) in [5.41, 5.74) is 0. The third-order valence-corrected chi connectivity index (χ3v) is 20.4. The largest absolute Gasteiger partial charge is 0.412 e. The summed E-state index contributed by atoms with van der Waals surface area (Å²) < 4.78 is 105. The fourth-order valence-corrected chi connectivity index (χ4v) is 20.0. The maximum Gasteiger partial charge on any atom is -0.412 e. The predicted octanol–water partition coefficient (Wildman–Crippen LogP) is -3.50. The monoisotopic (exact) mass is 518 g/mol. The Morgan fingerprint density at radius 3 is 0.727 bits per heavy atom. The first-order valence-electron chi connectivity index (χ1n) is 4.45. The van der Waals surface area contributed by atoms with Crippen molar-refractivity contribution in [2.45, 2.75) is 0 Å². The van der Waals surface area contributed by atoms with Crippen LogP contribution in [0.3, 0.4) is 0 Å². The van der Waals surface area contributed by atoms with Crippen LogP contribution < -0.4 is 0 Å². The molecule has 18 heteroatoms. The molecule has 0 unspecified atom stereocenters. The van der Waals surface area contributed by atoms with Crippen LogP contribution in [-0.4, -0.2) is 84.2 Å². The Morgan fingerprint density at radius 2 is 0.636 bits per heavy atom. The molecule has 0 heterocycles. The van der Waals surface area contributed by atoms with Gasteiger partial charge in [0.25, 0.3) is 0 Å². The van der Waals surface area contributed by atoms with E-state index in [2.05, 4.69) is 10.1 Å². The minimum absolute atomic E-state index is 0. The fourth-order valence-electron chi connectivity index (χ4n) is 0.825. The van der Waals surface area contributed by atoms with Crippen molar-refractivity contribution in [1.82, 2.24) is 0 Å². The van der Waals surface area contributed by atoms with Gasteiger partial charge in [-0.15, -0.1) is 0 Å². The standard InChI is InChI=1S/4CH4O3S.H2O.Sn/c4*1-5(2,3)4;;/h4*1H3,(H,2,3,4);1H2;/q;;;;;+4/p-4. The van der Waals surface area contributed by atoms with Crippen molar-refractivity contribution in [3.8, 4) is 0 Å². The third-order valence-electron chi connectivity index (χ3n) is 1.01. The molecule has 0 radical (unpaired) electrons.